The van der Waals surface area contributed by atoms with Crippen LogP contribution in [0.2, 0.25) is 0 Å². The molecule has 2 heterocycles. The van der Waals surface area contributed by atoms with Crippen molar-refractivity contribution in [3.05, 3.63) is 29.3 Å². The summed E-state index contributed by atoms with van der Waals surface area (Å²) in [5.41, 5.74) is 9.79. The van der Waals surface area contributed by atoms with Crippen LogP contribution in [0, 0.1) is 13.8 Å². The first kappa shape index (κ1) is 12.7. The molecule has 0 aromatic carbocycles. The summed E-state index contributed by atoms with van der Waals surface area (Å²) in [5, 5.41) is 4.14. The zero-order valence-electron chi connectivity index (χ0n) is 11.1. The molecular formula is C13H19N5. The van der Waals surface area contributed by atoms with Gasteiger partial charge in [-0.15, -0.1) is 0 Å². The Morgan fingerprint density at radius 1 is 1.22 bits per heavy atom. The van der Waals surface area contributed by atoms with E-state index in [-0.39, 0.29) is 0 Å². The Bertz CT molecular complexity index is 521. The molecule has 2 N–H and O–H groups in total. The Balaban J connectivity index is 2.36. The molecule has 0 fully saturated rings. The molecule has 2 aromatic rings. The Labute approximate surface area is 107 Å². The van der Waals surface area contributed by atoms with Crippen molar-refractivity contribution in [3.8, 4) is 11.4 Å². The summed E-state index contributed by atoms with van der Waals surface area (Å²) in [6, 6.07) is 0. The lowest BCUT2D eigenvalue weighted by Gasteiger charge is -2.09. The van der Waals surface area contributed by atoms with Gasteiger partial charge in [-0.1, -0.05) is 0 Å². The van der Waals surface area contributed by atoms with Gasteiger partial charge in [0.05, 0.1) is 11.8 Å². The number of nitrogens with zero attached hydrogens (tertiary/aromatic N) is 4. The molecule has 0 bridgehead atoms. The average molecular weight is 245 g/mol. The second-order valence-corrected chi connectivity index (χ2v) is 4.49. The molecule has 5 nitrogen and oxygen atoms in total. The van der Waals surface area contributed by atoms with E-state index in [1.807, 2.05) is 27.1 Å². The number of nitrogens with two attached hydrogens (primary N) is 1. The van der Waals surface area contributed by atoms with Gasteiger partial charge in [-0.25, -0.2) is 9.97 Å². The van der Waals surface area contributed by atoms with Crippen LogP contribution in [0.15, 0.2) is 12.4 Å². The normalized spacial score (nSPS) is 10.9. The lowest BCUT2D eigenvalue weighted by molar-refractivity contribution is 0.767. The minimum atomic E-state index is 0.698. The summed E-state index contributed by atoms with van der Waals surface area (Å²) in [6.45, 7) is 4.75. The highest BCUT2D eigenvalue weighted by Gasteiger charge is 2.10. The molecule has 0 saturated carbocycles. The molecule has 0 amide bonds. The smallest absolute Gasteiger partial charge is 0.162 e. The van der Waals surface area contributed by atoms with E-state index < -0.39 is 0 Å². The summed E-state index contributed by atoms with van der Waals surface area (Å²) in [7, 11) is 1.89. The first-order valence-corrected chi connectivity index (χ1v) is 6.15. The Morgan fingerprint density at radius 2 is 1.89 bits per heavy atom. The third kappa shape index (κ3) is 2.56. The highest BCUT2D eigenvalue weighted by atomic mass is 15.2. The van der Waals surface area contributed by atoms with Crippen LogP contribution in [0.1, 0.15) is 23.4 Å². The topological polar surface area (TPSA) is 69.6 Å². The van der Waals surface area contributed by atoms with E-state index in [0.29, 0.717) is 6.54 Å². The van der Waals surface area contributed by atoms with Crippen LogP contribution in [-0.4, -0.2) is 26.3 Å². The number of aryl methyl sites for hydroxylation is 3. The standard InChI is InChI=1S/C13H19N5/c1-9-12(5-4-6-14)10(2)17-13(16-9)11-7-15-18(3)8-11/h7-8H,4-6,14H2,1-3H3. The lowest BCUT2D eigenvalue weighted by Crippen LogP contribution is -2.06. The lowest BCUT2D eigenvalue weighted by atomic mass is 10.1. The van der Waals surface area contributed by atoms with Crippen LogP contribution in [0.4, 0.5) is 0 Å². The summed E-state index contributed by atoms with van der Waals surface area (Å²) < 4.78 is 1.76. The maximum Gasteiger partial charge on any atom is 0.162 e. The van der Waals surface area contributed by atoms with Crippen molar-refractivity contribution >= 4 is 0 Å². The zero-order chi connectivity index (χ0) is 13.1. The molecule has 2 aromatic heterocycles. The zero-order valence-corrected chi connectivity index (χ0v) is 11.1. The van der Waals surface area contributed by atoms with E-state index in [1.54, 1.807) is 10.9 Å². The average Bonchev–Trinajstić information content (AvgIpc) is 2.75. The number of hydrogen-bond donors (Lipinski definition) is 1. The predicted octanol–water partition coefficient (Wildman–Crippen LogP) is 1.39. The molecule has 0 aliphatic rings. The fourth-order valence-corrected chi connectivity index (χ4v) is 2.05. The van der Waals surface area contributed by atoms with Gasteiger partial charge < -0.3 is 5.73 Å². The van der Waals surface area contributed by atoms with Crippen molar-refractivity contribution in [1.29, 1.82) is 0 Å². The number of aromatic nitrogens is 4. The highest BCUT2D eigenvalue weighted by molar-refractivity contribution is 5.53. The Hall–Kier alpha value is -1.75. The van der Waals surface area contributed by atoms with Crippen LogP contribution >= 0.6 is 0 Å². The van der Waals surface area contributed by atoms with Gasteiger partial charge in [-0.05, 0) is 38.8 Å². The third-order valence-corrected chi connectivity index (χ3v) is 3.01. The van der Waals surface area contributed by atoms with E-state index in [0.717, 1.165) is 35.6 Å². The fraction of sp³-hybridized carbons (Fsp3) is 0.462. The minimum absolute atomic E-state index is 0.698. The summed E-state index contributed by atoms with van der Waals surface area (Å²) in [5.74, 6) is 0.745. The first-order chi connectivity index (χ1) is 8.61. The van der Waals surface area contributed by atoms with Crippen molar-refractivity contribution in [2.24, 2.45) is 12.8 Å². The van der Waals surface area contributed by atoms with Gasteiger partial charge >= 0.3 is 0 Å². The SMILES string of the molecule is Cc1nc(-c2cnn(C)c2)nc(C)c1CCCN. The van der Waals surface area contributed by atoms with E-state index >= 15 is 0 Å². The summed E-state index contributed by atoms with van der Waals surface area (Å²) in [6.07, 6.45) is 5.63. The second-order valence-electron chi connectivity index (χ2n) is 4.49. The molecular weight excluding hydrogens is 226 g/mol. The van der Waals surface area contributed by atoms with E-state index in [9.17, 15) is 0 Å². The predicted molar refractivity (Wildman–Crippen MR) is 71.1 cm³/mol. The van der Waals surface area contributed by atoms with Gasteiger partial charge in [0.25, 0.3) is 0 Å². The van der Waals surface area contributed by atoms with Crippen molar-refractivity contribution in [2.75, 3.05) is 6.54 Å². The van der Waals surface area contributed by atoms with E-state index in [2.05, 4.69) is 15.1 Å². The molecule has 0 saturated heterocycles. The first-order valence-electron chi connectivity index (χ1n) is 6.15. The minimum Gasteiger partial charge on any atom is -0.330 e. The van der Waals surface area contributed by atoms with Crippen LogP contribution < -0.4 is 5.73 Å². The van der Waals surface area contributed by atoms with Crippen LogP contribution in [-0.2, 0) is 13.5 Å². The van der Waals surface area contributed by atoms with Crippen molar-refractivity contribution in [3.63, 3.8) is 0 Å². The molecule has 0 aliphatic carbocycles. The third-order valence-electron chi connectivity index (χ3n) is 3.01. The molecule has 0 unspecified atom stereocenters. The number of rotatable bonds is 4. The van der Waals surface area contributed by atoms with E-state index in [1.165, 1.54) is 5.56 Å². The quantitative estimate of drug-likeness (QED) is 0.883. The molecule has 2 rings (SSSR count). The molecule has 0 radical (unpaired) electrons. The molecule has 0 aliphatic heterocycles. The van der Waals surface area contributed by atoms with Crippen LogP contribution in [0.5, 0.6) is 0 Å². The Kier molecular flexibility index (Phi) is 3.72. The van der Waals surface area contributed by atoms with Crippen LogP contribution in [0.25, 0.3) is 11.4 Å². The summed E-state index contributed by atoms with van der Waals surface area (Å²) >= 11 is 0. The van der Waals surface area contributed by atoms with Crippen molar-refractivity contribution < 1.29 is 0 Å². The second kappa shape index (κ2) is 5.27. The van der Waals surface area contributed by atoms with Gasteiger partial charge in [0.15, 0.2) is 5.82 Å². The maximum absolute atomic E-state index is 5.55. The van der Waals surface area contributed by atoms with Crippen molar-refractivity contribution in [1.82, 2.24) is 19.7 Å². The molecule has 0 atom stereocenters. The van der Waals surface area contributed by atoms with Gasteiger partial charge in [0.1, 0.15) is 0 Å². The molecule has 5 heteroatoms. The van der Waals surface area contributed by atoms with Gasteiger partial charge in [-0.3, -0.25) is 4.68 Å². The fourth-order valence-electron chi connectivity index (χ4n) is 2.05. The monoisotopic (exact) mass is 245 g/mol. The highest BCUT2D eigenvalue weighted by Crippen LogP contribution is 2.19. The van der Waals surface area contributed by atoms with Gasteiger partial charge in [-0.2, -0.15) is 5.10 Å². The Morgan fingerprint density at radius 3 is 2.39 bits per heavy atom. The summed E-state index contributed by atoms with van der Waals surface area (Å²) in [4.78, 5) is 9.13. The van der Waals surface area contributed by atoms with Crippen molar-refractivity contribution in [2.45, 2.75) is 26.7 Å². The molecule has 0 spiro atoms. The molecule has 96 valence electrons. The number of hydrogen-bond acceptors (Lipinski definition) is 4. The largest absolute Gasteiger partial charge is 0.330 e. The van der Waals surface area contributed by atoms with Gasteiger partial charge in [0, 0.05) is 24.6 Å². The molecule has 18 heavy (non-hydrogen) atoms. The van der Waals surface area contributed by atoms with E-state index in [4.69, 9.17) is 5.73 Å². The maximum atomic E-state index is 5.55. The van der Waals surface area contributed by atoms with Gasteiger partial charge in [0.2, 0.25) is 0 Å². The van der Waals surface area contributed by atoms with Crippen LogP contribution in [0.3, 0.4) is 0 Å².